The second-order valence-electron chi connectivity index (χ2n) is 2.99. The second-order valence-corrected chi connectivity index (χ2v) is 2.99. The Labute approximate surface area is 78.5 Å². The zero-order valence-electron chi connectivity index (χ0n) is 7.04. The fourth-order valence-corrected chi connectivity index (χ4v) is 1.48. The third-order valence-electron chi connectivity index (χ3n) is 2.06. The smallest absolute Gasteiger partial charge is 0.330 e. The Bertz CT molecular complexity index is 486. The summed E-state index contributed by atoms with van der Waals surface area (Å²) in [6, 6.07) is 1.38. The van der Waals surface area contributed by atoms with E-state index >= 15 is 0 Å². The van der Waals surface area contributed by atoms with Gasteiger partial charge in [0.25, 0.3) is 5.56 Å². The molecule has 1 aliphatic rings. The van der Waals surface area contributed by atoms with Crippen LogP contribution in [0.15, 0.2) is 23.0 Å². The Kier molecular flexibility index (Phi) is 1.67. The van der Waals surface area contributed by atoms with Crippen molar-refractivity contribution in [2.75, 3.05) is 0 Å². The van der Waals surface area contributed by atoms with Crippen LogP contribution in [-0.4, -0.2) is 20.7 Å². The third kappa shape index (κ3) is 1.10. The van der Waals surface area contributed by atoms with E-state index < -0.39 is 17.6 Å². The first-order chi connectivity index (χ1) is 6.59. The highest BCUT2D eigenvalue weighted by molar-refractivity contribution is 5.78. The molecule has 1 aliphatic heterocycles. The summed E-state index contributed by atoms with van der Waals surface area (Å²) >= 11 is 0. The average Bonchev–Trinajstić information content (AvgIpc) is 2.47. The van der Waals surface area contributed by atoms with Crippen molar-refractivity contribution < 1.29 is 15.0 Å². The lowest BCUT2D eigenvalue weighted by Gasteiger charge is -2.09. The molecular formula is C9H7NO4. The van der Waals surface area contributed by atoms with E-state index in [4.69, 9.17) is 10.2 Å². The van der Waals surface area contributed by atoms with Crippen LogP contribution in [-0.2, 0) is 4.79 Å². The number of fused-ring (bicyclic) bond motifs is 1. The number of nitrogens with zero attached hydrogens (tertiary/aromatic N) is 1. The molecule has 5 nitrogen and oxygen atoms in total. The largest absolute Gasteiger partial charge is 0.508 e. The summed E-state index contributed by atoms with van der Waals surface area (Å²) in [4.78, 5) is 22.1. The minimum absolute atomic E-state index is 0.156. The highest BCUT2D eigenvalue weighted by Crippen LogP contribution is 2.22. The normalized spacial score (nSPS) is 18.1. The van der Waals surface area contributed by atoms with Crippen molar-refractivity contribution in [2.24, 2.45) is 0 Å². The number of aliphatic carboxylic acids is 1. The predicted octanol–water partition coefficient (Wildman–Crippen LogP) is 0.206. The molecule has 0 aromatic carbocycles. The number of hydrogen-bond donors (Lipinski definition) is 2. The van der Waals surface area contributed by atoms with E-state index in [0.717, 1.165) is 10.6 Å². The van der Waals surface area contributed by atoms with Crippen molar-refractivity contribution in [3.63, 3.8) is 0 Å². The number of aromatic nitrogens is 1. The Morgan fingerprint density at radius 3 is 2.79 bits per heavy atom. The molecule has 72 valence electrons. The summed E-state index contributed by atoms with van der Waals surface area (Å²) < 4.78 is 1.11. The van der Waals surface area contributed by atoms with Gasteiger partial charge < -0.3 is 10.2 Å². The van der Waals surface area contributed by atoms with Crippen molar-refractivity contribution >= 4 is 12.0 Å². The van der Waals surface area contributed by atoms with Crippen LogP contribution in [0, 0.1) is 0 Å². The lowest BCUT2D eigenvalue weighted by molar-refractivity contribution is -0.139. The van der Waals surface area contributed by atoms with Gasteiger partial charge in [0.2, 0.25) is 0 Å². The van der Waals surface area contributed by atoms with E-state index in [2.05, 4.69) is 0 Å². The third-order valence-corrected chi connectivity index (χ3v) is 2.06. The van der Waals surface area contributed by atoms with Crippen LogP contribution in [0.3, 0.4) is 0 Å². The van der Waals surface area contributed by atoms with Crippen LogP contribution in [0.25, 0.3) is 6.08 Å². The molecule has 5 heteroatoms. The van der Waals surface area contributed by atoms with E-state index in [-0.39, 0.29) is 5.75 Å². The maximum atomic E-state index is 11.3. The molecule has 2 N–H and O–H groups in total. The van der Waals surface area contributed by atoms with Crippen LogP contribution >= 0.6 is 0 Å². The molecule has 0 bridgehead atoms. The molecule has 0 saturated heterocycles. The van der Waals surface area contributed by atoms with Crippen molar-refractivity contribution in [1.29, 1.82) is 0 Å². The molecule has 0 unspecified atom stereocenters. The van der Waals surface area contributed by atoms with Crippen LogP contribution in [0.1, 0.15) is 11.7 Å². The van der Waals surface area contributed by atoms with Crippen LogP contribution < -0.4 is 5.56 Å². The minimum atomic E-state index is -1.09. The Morgan fingerprint density at radius 2 is 2.14 bits per heavy atom. The van der Waals surface area contributed by atoms with Crippen LogP contribution in [0.4, 0.5) is 0 Å². The number of carboxylic acid groups (broad SMARTS) is 1. The summed E-state index contributed by atoms with van der Waals surface area (Å²) in [6.07, 6.45) is 2.90. The van der Waals surface area contributed by atoms with Gasteiger partial charge >= 0.3 is 5.97 Å². The van der Waals surface area contributed by atoms with Gasteiger partial charge in [0.05, 0.1) is 0 Å². The number of hydrogen-bond acceptors (Lipinski definition) is 3. The quantitative estimate of drug-likeness (QED) is 0.668. The molecular weight excluding hydrogens is 186 g/mol. The topological polar surface area (TPSA) is 79.5 Å². The number of rotatable bonds is 1. The van der Waals surface area contributed by atoms with E-state index in [1.165, 1.54) is 18.2 Å². The van der Waals surface area contributed by atoms with Gasteiger partial charge in [-0.25, -0.2) is 4.79 Å². The maximum absolute atomic E-state index is 11.3. The van der Waals surface area contributed by atoms with Crippen molar-refractivity contribution in [3.8, 4) is 5.75 Å². The van der Waals surface area contributed by atoms with E-state index in [0.29, 0.717) is 5.69 Å². The molecule has 1 aromatic rings. The fourth-order valence-electron chi connectivity index (χ4n) is 1.48. The van der Waals surface area contributed by atoms with Gasteiger partial charge in [0.15, 0.2) is 6.04 Å². The number of pyridine rings is 1. The molecule has 0 amide bonds. The number of carboxylic acids is 1. The second kappa shape index (κ2) is 2.73. The SMILES string of the molecule is O=C(O)[C@@H]1C=Cc2cc(O)cc(=O)n21. The average molecular weight is 193 g/mol. The number of carbonyl (C=O) groups is 1. The first kappa shape index (κ1) is 8.55. The minimum Gasteiger partial charge on any atom is -0.508 e. The monoisotopic (exact) mass is 193 g/mol. The van der Waals surface area contributed by atoms with Gasteiger partial charge in [-0.15, -0.1) is 0 Å². The molecule has 1 atom stereocenters. The molecule has 0 aliphatic carbocycles. The van der Waals surface area contributed by atoms with E-state index in [1.807, 2.05) is 0 Å². The molecule has 2 heterocycles. The van der Waals surface area contributed by atoms with Gasteiger partial charge in [-0.2, -0.15) is 0 Å². The fraction of sp³-hybridized carbons (Fsp3) is 0.111. The van der Waals surface area contributed by atoms with Crippen LogP contribution in [0.2, 0.25) is 0 Å². The summed E-state index contributed by atoms with van der Waals surface area (Å²) in [6.45, 7) is 0. The lowest BCUT2D eigenvalue weighted by Crippen LogP contribution is -2.26. The maximum Gasteiger partial charge on any atom is 0.330 e. The van der Waals surface area contributed by atoms with Gasteiger partial charge in [-0.3, -0.25) is 9.36 Å². The molecule has 0 radical (unpaired) electrons. The van der Waals surface area contributed by atoms with Crippen molar-refractivity contribution in [1.82, 2.24) is 4.57 Å². The zero-order valence-corrected chi connectivity index (χ0v) is 7.04. The summed E-state index contributed by atoms with van der Waals surface area (Å²) in [7, 11) is 0. The number of aromatic hydroxyl groups is 1. The summed E-state index contributed by atoms with van der Waals surface area (Å²) in [5, 5.41) is 17.9. The summed E-state index contributed by atoms with van der Waals surface area (Å²) in [5.74, 6) is -1.25. The Hall–Kier alpha value is -2.04. The molecule has 0 saturated carbocycles. The highest BCUT2D eigenvalue weighted by atomic mass is 16.4. The summed E-state index contributed by atoms with van der Waals surface area (Å²) in [5.41, 5.74) is -0.111. The van der Waals surface area contributed by atoms with Gasteiger partial charge in [0.1, 0.15) is 5.75 Å². The molecule has 1 aromatic heterocycles. The Balaban J connectivity index is 2.66. The van der Waals surface area contributed by atoms with Crippen molar-refractivity contribution in [2.45, 2.75) is 6.04 Å². The first-order valence-corrected chi connectivity index (χ1v) is 3.96. The predicted molar refractivity (Wildman–Crippen MR) is 48.1 cm³/mol. The standard InChI is InChI=1S/C9H7NO4/c11-6-3-5-1-2-7(9(13)14)10(5)8(12)4-6/h1-4,7,11H,(H,13,14)/t7-/m0/s1. The molecule has 0 fully saturated rings. The van der Waals surface area contributed by atoms with Gasteiger partial charge in [-0.1, -0.05) is 0 Å². The molecule has 14 heavy (non-hydrogen) atoms. The van der Waals surface area contributed by atoms with E-state index in [9.17, 15) is 9.59 Å². The van der Waals surface area contributed by atoms with Gasteiger partial charge in [0, 0.05) is 17.8 Å². The molecule has 0 spiro atoms. The molecule has 2 rings (SSSR count). The zero-order chi connectivity index (χ0) is 10.3. The Morgan fingerprint density at radius 1 is 1.43 bits per heavy atom. The van der Waals surface area contributed by atoms with Gasteiger partial charge in [-0.05, 0) is 12.2 Å². The highest BCUT2D eigenvalue weighted by Gasteiger charge is 2.24. The van der Waals surface area contributed by atoms with Crippen LogP contribution in [0.5, 0.6) is 5.75 Å². The lowest BCUT2D eigenvalue weighted by atomic mass is 10.3. The first-order valence-electron chi connectivity index (χ1n) is 3.96. The van der Waals surface area contributed by atoms with Crippen molar-refractivity contribution in [3.05, 3.63) is 34.3 Å². The van der Waals surface area contributed by atoms with E-state index in [1.54, 1.807) is 0 Å².